The normalized spacial score (nSPS) is 50.3. The number of hydrogen-bond donors (Lipinski definition) is 2. The summed E-state index contributed by atoms with van der Waals surface area (Å²) in [5, 5.41) is 19.6. The second kappa shape index (κ2) is 7.84. The van der Waals surface area contributed by atoms with E-state index < -0.39 is 5.97 Å². The molecule has 2 N–H and O–H groups in total. The molecule has 3 heteroatoms. The minimum Gasteiger partial charge on any atom is -0.481 e. The van der Waals surface area contributed by atoms with Gasteiger partial charge in [-0.3, -0.25) is 4.79 Å². The molecular formula is C26H44O3. The predicted molar refractivity (Wildman–Crippen MR) is 116 cm³/mol. The van der Waals surface area contributed by atoms with Gasteiger partial charge in [0.1, 0.15) is 0 Å². The van der Waals surface area contributed by atoms with Gasteiger partial charge >= 0.3 is 5.97 Å². The highest BCUT2D eigenvalue weighted by Gasteiger charge is 2.62. The van der Waals surface area contributed by atoms with Crippen LogP contribution in [0.3, 0.4) is 0 Å². The molecule has 4 aliphatic rings. The number of fused-ring (bicyclic) bond motifs is 5. The number of carbonyl (C=O) groups is 1. The molecule has 166 valence electrons. The largest absolute Gasteiger partial charge is 0.481 e. The molecule has 0 amide bonds. The Morgan fingerprint density at radius 1 is 1.00 bits per heavy atom. The van der Waals surface area contributed by atoms with Crippen molar-refractivity contribution in [1.29, 1.82) is 0 Å². The van der Waals surface area contributed by atoms with E-state index in [0.29, 0.717) is 35.0 Å². The van der Waals surface area contributed by atoms with Gasteiger partial charge in [0.15, 0.2) is 0 Å². The van der Waals surface area contributed by atoms with Gasteiger partial charge in [0, 0.05) is 6.42 Å². The summed E-state index contributed by atoms with van der Waals surface area (Å²) in [6, 6.07) is 0. The Morgan fingerprint density at radius 3 is 2.38 bits per heavy atom. The number of carboxylic acids is 1. The zero-order valence-corrected chi connectivity index (χ0v) is 19.2. The van der Waals surface area contributed by atoms with Gasteiger partial charge in [-0.1, -0.05) is 34.1 Å². The number of rotatable bonds is 5. The van der Waals surface area contributed by atoms with Gasteiger partial charge in [0.25, 0.3) is 0 Å². The van der Waals surface area contributed by atoms with Crippen molar-refractivity contribution < 1.29 is 15.0 Å². The number of carboxylic acid groups (broad SMARTS) is 1. The maximum Gasteiger partial charge on any atom is 0.303 e. The van der Waals surface area contributed by atoms with Crippen LogP contribution < -0.4 is 0 Å². The summed E-state index contributed by atoms with van der Waals surface area (Å²) >= 11 is 0. The monoisotopic (exact) mass is 404 g/mol. The Morgan fingerprint density at radius 2 is 1.69 bits per heavy atom. The van der Waals surface area contributed by atoms with Crippen LogP contribution in [0.5, 0.6) is 0 Å². The van der Waals surface area contributed by atoms with Crippen molar-refractivity contribution in [2.24, 2.45) is 52.3 Å². The summed E-state index contributed by atoms with van der Waals surface area (Å²) in [6.45, 7) is 9.86. The second-order valence-corrected chi connectivity index (χ2v) is 12.0. The lowest BCUT2D eigenvalue weighted by Gasteiger charge is -2.63. The first-order valence-electron chi connectivity index (χ1n) is 12.6. The van der Waals surface area contributed by atoms with E-state index >= 15 is 0 Å². The first-order valence-corrected chi connectivity index (χ1v) is 12.6. The molecule has 4 saturated carbocycles. The first kappa shape index (κ1) is 21.7. The van der Waals surface area contributed by atoms with E-state index in [9.17, 15) is 9.90 Å². The molecule has 0 heterocycles. The highest BCUT2D eigenvalue weighted by atomic mass is 16.4. The molecule has 10 unspecified atom stereocenters. The fourth-order valence-corrected chi connectivity index (χ4v) is 9.46. The van der Waals surface area contributed by atoms with Crippen LogP contribution in [0.15, 0.2) is 0 Å². The lowest BCUT2D eigenvalue weighted by atomic mass is 9.42. The summed E-state index contributed by atoms with van der Waals surface area (Å²) in [4.78, 5) is 11.1. The van der Waals surface area contributed by atoms with Gasteiger partial charge in [-0.05, 0) is 110 Å². The third-order valence-corrected chi connectivity index (χ3v) is 10.9. The molecule has 0 bridgehead atoms. The zero-order valence-electron chi connectivity index (χ0n) is 19.2. The van der Waals surface area contributed by atoms with Crippen LogP contribution in [0.1, 0.15) is 98.3 Å². The SMILES string of the molecule is CCC1CC2C3CCC(C(C)CCC(=O)O)C3(C)CCC2C2(C)CCC(O)CC12. The molecule has 0 radical (unpaired) electrons. The molecule has 4 rings (SSSR count). The topological polar surface area (TPSA) is 57.5 Å². The number of aliphatic carboxylic acids is 1. The molecular weight excluding hydrogens is 360 g/mol. The maximum absolute atomic E-state index is 11.1. The van der Waals surface area contributed by atoms with E-state index in [1.165, 1.54) is 44.9 Å². The van der Waals surface area contributed by atoms with Gasteiger partial charge in [-0.2, -0.15) is 0 Å². The average molecular weight is 405 g/mol. The van der Waals surface area contributed by atoms with Crippen LogP contribution in [0.2, 0.25) is 0 Å². The average Bonchev–Trinajstić information content (AvgIpc) is 3.03. The molecule has 3 nitrogen and oxygen atoms in total. The highest BCUT2D eigenvalue weighted by molar-refractivity contribution is 5.66. The van der Waals surface area contributed by atoms with Crippen molar-refractivity contribution in [3.05, 3.63) is 0 Å². The van der Waals surface area contributed by atoms with Gasteiger partial charge in [-0.25, -0.2) is 0 Å². The van der Waals surface area contributed by atoms with E-state index in [2.05, 4.69) is 27.7 Å². The molecule has 0 aliphatic heterocycles. The first-order chi connectivity index (χ1) is 13.7. The van der Waals surface area contributed by atoms with Crippen molar-refractivity contribution in [2.45, 2.75) is 104 Å². The van der Waals surface area contributed by atoms with E-state index in [-0.39, 0.29) is 6.10 Å². The summed E-state index contributed by atoms with van der Waals surface area (Å²) in [5.41, 5.74) is 0.839. The minimum absolute atomic E-state index is 0.0709. The van der Waals surface area contributed by atoms with Crippen molar-refractivity contribution in [2.75, 3.05) is 0 Å². The smallest absolute Gasteiger partial charge is 0.303 e. The van der Waals surface area contributed by atoms with Crippen molar-refractivity contribution >= 4 is 5.97 Å². The minimum atomic E-state index is -0.642. The Bertz CT molecular complexity index is 617. The summed E-state index contributed by atoms with van der Waals surface area (Å²) in [5.74, 6) is 4.60. The van der Waals surface area contributed by atoms with E-state index in [4.69, 9.17) is 5.11 Å². The fourth-order valence-electron chi connectivity index (χ4n) is 9.46. The van der Waals surface area contributed by atoms with Crippen LogP contribution >= 0.6 is 0 Å². The van der Waals surface area contributed by atoms with Crippen molar-refractivity contribution in [3.63, 3.8) is 0 Å². The lowest BCUT2D eigenvalue weighted by molar-refractivity contribution is -0.152. The Balaban J connectivity index is 1.57. The number of hydrogen-bond acceptors (Lipinski definition) is 2. The maximum atomic E-state index is 11.1. The molecule has 0 saturated heterocycles. The van der Waals surface area contributed by atoms with E-state index in [1.807, 2.05) is 0 Å². The van der Waals surface area contributed by atoms with E-state index in [0.717, 1.165) is 42.9 Å². The Labute approximate surface area is 178 Å². The second-order valence-electron chi connectivity index (χ2n) is 12.0. The van der Waals surface area contributed by atoms with Gasteiger partial charge in [0.2, 0.25) is 0 Å². The molecule has 4 aliphatic carbocycles. The van der Waals surface area contributed by atoms with Gasteiger partial charge < -0.3 is 10.2 Å². The fraction of sp³-hybridized carbons (Fsp3) is 0.962. The molecule has 29 heavy (non-hydrogen) atoms. The third kappa shape index (κ3) is 3.48. The van der Waals surface area contributed by atoms with Crippen LogP contribution in [-0.4, -0.2) is 22.3 Å². The zero-order chi connectivity index (χ0) is 21.0. The van der Waals surface area contributed by atoms with Gasteiger partial charge in [0.05, 0.1) is 6.10 Å². The summed E-state index contributed by atoms with van der Waals surface area (Å²) in [7, 11) is 0. The van der Waals surface area contributed by atoms with Crippen LogP contribution in [0.4, 0.5) is 0 Å². The molecule has 0 spiro atoms. The molecule has 0 aromatic heterocycles. The number of aliphatic hydroxyl groups excluding tert-OH is 1. The third-order valence-electron chi connectivity index (χ3n) is 10.9. The van der Waals surface area contributed by atoms with Crippen LogP contribution in [0, 0.1) is 52.3 Å². The Hall–Kier alpha value is -0.570. The lowest BCUT2D eigenvalue weighted by Crippen LogP contribution is -2.56. The predicted octanol–water partition coefficient (Wildman–Crippen LogP) is 6.14. The number of aliphatic hydroxyl groups is 1. The Kier molecular flexibility index (Phi) is 5.86. The quantitative estimate of drug-likeness (QED) is 0.578. The van der Waals surface area contributed by atoms with Crippen molar-refractivity contribution in [1.82, 2.24) is 0 Å². The standard InChI is InChI=1S/C26H44O3/c1-5-17-14-19-21-8-7-20(16(2)6-9-24(28)29)25(21,3)13-11-22(19)26(4)12-10-18(27)15-23(17)26/h16-23,27H,5-15H2,1-4H3,(H,28,29). The molecule has 4 fully saturated rings. The highest BCUT2D eigenvalue weighted by Crippen LogP contribution is 2.69. The van der Waals surface area contributed by atoms with Crippen molar-refractivity contribution in [3.8, 4) is 0 Å². The molecule has 0 aromatic carbocycles. The summed E-state index contributed by atoms with van der Waals surface area (Å²) in [6.07, 6.45) is 12.4. The molecule has 10 atom stereocenters. The molecule has 0 aromatic rings. The summed E-state index contributed by atoms with van der Waals surface area (Å²) < 4.78 is 0. The van der Waals surface area contributed by atoms with Crippen LogP contribution in [0.25, 0.3) is 0 Å². The van der Waals surface area contributed by atoms with Crippen LogP contribution in [-0.2, 0) is 4.79 Å². The van der Waals surface area contributed by atoms with E-state index in [1.54, 1.807) is 0 Å². The van der Waals surface area contributed by atoms with Gasteiger partial charge in [-0.15, -0.1) is 0 Å².